The molecule has 2 N–H and O–H groups in total. The molecule has 0 heterocycles. The van der Waals surface area contributed by atoms with E-state index in [1.807, 2.05) is 7.05 Å². The van der Waals surface area contributed by atoms with Crippen LogP contribution >= 0.6 is 0 Å². The Balaban J connectivity index is 1.90. The normalized spacial score (nSPS) is 16.9. The van der Waals surface area contributed by atoms with Gasteiger partial charge in [-0.05, 0) is 49.9 Å². The molecule has 1 fully saturated rings. The first-order valence-corrected chi connectivity index (χ1v) is 9.73. The standard InChI is InChI=1S/C21H36N4O/c1-22-20(24-17-21(13-14-26-4)11-7-8-12-21)23-15-18-9-5-6-10-19(18)16-25(2)3/h5-6,9-10H,7-8,11-17H2,1-4H3,(H2,22,23,24). The van der Waals surface area contributed by atoms with Crippen molar-refractivity contribution in [3.8, 4) is 0 Å². The van der Waals surface area contributed by atoms with Crippen molar-refractivity contribution in [2.75, 3.05) is 41.4 Å². The molecule has 0 unspecified atom stereocenters. The maximum atomic E-state index is 5.33. The molecule has 0 saturated heterocycles. The quantitative estimate of drug-likeness (QED) is 0.525. The predicted octanol–water partition coefficient (Wildman–Crippen LogP) is 3.01. The summed E-state index contributed by atoms with van der Waals surface area (Å²) < 4.78 is 5.33. The minimum absolute atomic E-state index is 0.358. The molecular formula is C21H36N4O. The summed E-state index contributed by atoms with van der Waals surface area (Å²) in [5.74, 6) is 0.883. The topological polar surface area (TPSA) is 48.9 Å². The zero-order valence-corrected chi connectivity index (χ0v) is 17.0. The van der Waals surface area contributed by atoms with Crippen LogP contribution in [-0.4, -0.2) is 52.3 Å². The fourth-order valence-corrected chi connectivity index (χ4v) is 3.85. The fraction of sp³-hybridized carbons (Fsp3) is 0.667. The van der Waals surface area contributed by atoms with Crippen LogP contribution in [0.1, 0.15) is 43.2 Å². The average molecular weight is 361 g/mol. The van der Waals surface area contributed by atoms with Crippen LogP contribution in [0.3, 0.4) is 0 Å². The highest BCUT2D eigenvalue weighted by Gasteiger charge is 2.33. The molecule has 0 spiro atoms. The van der Waals surface area contributed by atoms with Crippen LogP contribution in [0.4, 0.5) is 0 Å². The van der Waals surface area contributed by atoms with E-state index in [-0.39, 0.29) is 0 Å². The molecule has 146 valence electrons. The third kappa shape index (κ3) is 6.29. The van der Waals surface area contributed by atoms with Crippen LogP contribution in [-0.2, 0) is 17.8 Å². The van der Waals surface area contributed by atoms with E-state index in [0.29, 0.717) is 5.41 Å². The third-order valence-electron chi connectivity index (χ3n) is 5.41. The molecule has 5 nitrogen and oxygen atoms in total. The third-order valence-corrected chi connectivity index (χ3v) is 5.41. The fourth-order valence-electron chi connectivity index (χ4n) is 3.85. The van der Waals surface area contributed by atoms with Gasteiger partial charge >= 0.3 is 0 Å². The lowest BCUT2D eigenvalue weighted by molar-refractivity contribution is 0.138. The Bertz CT molecular complexity index is 565. The molecule has 0 bridgehead atoms. The first kappa shape index (κ1) is 20.7. The summed E-state index contributed by atoms with van der Waals surface area (Å²) in [6.07, 6.45) is 6.35. The van der Waals surface area contributed by atoms with Gasteiger partial charge in [0.05, 0.1) is 0 Å². The number of aliphatic imine (C=N–C) groups is 1. The van der Waals surface area contributed by atoms with E-state index in [9.17, 15) is 0 Å². The highest BCUT2D eigenvalue weighted by molar-refractivity contribution is 5.79. The van der Waals surface area contributed by atoms with Crippen molar-refractivity contribution in [2.24, 2.45) is 10.4 Å². The average Bonchev–Trinajstić information content (AvgIpc) is 3.10. The monoisotopic (exact) mass is 360 g/mol. The van der Waals surface area contributed by atoms with Crippen LogP contribution in [0.25, 0.3) is 0 Å². The van der Waals surface area contributed by atoms with Crippen molar-refractivity contribution in [3.05, 3.63) is 35.4 Å². The van der Waals surface area contributed by atoms with E-state index in [2.05, 4.69) is 58.9 Å². The number of hydrogen-bond acceptors (Lipinski definition) is 3. The van der Waals surface area contributed by atoms with Crippen LogP contribution in [0.15, 0.2) is 29.3 Å². The molecule has 1 saturated carbocycles. The lowest BCUT2D eigenvalue weighted by Crippen LogP contribution is -2.43. The Morgan fingerprint density at radius 3 is 2.46 bits per heavy atom. The second kappa shape index (κ2) is 10.5. The van der Waals surface area contributed by atoms with Gasteiger partial charge in [0.15, 0.2) is 5.96 Å². The molecule has 5 heteroatoms. The number of hydrogen-bond donors (Lipinski definition) is 2. The van der Waals surface area contributed by atoms with Gasteiger partial charge in [-0.2, -0.15) is 0 Å². The lowest BCUT2D eigenvalue weighted by Gasteiger charge is -2.30. The molecular weight excluding hydrogens is 324 g/mol. The van der Waals surface area contributed by atoms with Crippen molar-refractivity contribution in [1.29, 1.82) is 0 Å². The van der Waals surface area contributed by atoms with E-state index in [4.69, 9.17) is 4.74 Å². The van der Waals surface area contributed by atoms with Crippen LogP contribution < -0.4 is 10.6 Å². The Morgan fingerprint density at radius 2 is 1.85 bits per heavy atom. The summed E-state index contributed by atoms with van der Waals surface area (Å²) in [5, 5.41) is 7.05. The Hall–Kier alpha value is -1.59. The van der Waals surface area contributed by atoms with Gasteiger partial charge in [-0.1, -0.05) is 37.1 Å². The summed E-state index contributed by atoms with van der Waals surface area (Å²) in [4.78, 5) is 6.62. The second-order valence-corrected chi connectivity index (χ2v) is 7.74. The van der Waals surface area contributed by atoms with Gasteiger partial charge in [-0.25, -0.2) is 0 Å². The minimum atomic E-state index is 0.358. The van der Waals surface area contributed by atoms with Crippen molar-refractivity contribution in [3.63, 3.8) is 0 Å². The van der Waals surface area contributed by atoms with E-state index in [1.54, 1.807) is 7.11 Å². The van der Waals surface area contributed by atoms with Gasteiger partial charge in [-0.15, -0.1) is 0 Å². The maximum absolute atomic E-state index is 5.33. The van der Waals surface area contributed by atoms with Gasteiger partial charge in [-0.3, -0.25) is 4.99 Å². The zero-order chi connectivity index (χ0) is 18.8. The van der Waals surface area contributed by atoms with Gasteiger partial charge in [0, 0.05) is 40.4 Å². The van der Waals surface area contributed by atoms with Gasteiger partial charge in [0.2, 0.25) is 0 Å². The molecule has 0 radical (unpaired) electrons. The Kier molecular flexibility index (Phi) is 8.39. The maximum Gasteiger partial charge on any atom is 0.191 e. The SMILES string of the molecule is CN=C(NCc1ccccc1CN(C)C)NCC1(CCOC)CCCC1. The smallest absolute Gasteiger partial charge is 0.191 e. The largest absolute Gasteiger partial charge is 0.385 e. The zero-order valence-electron chi connectivity index (χ0n) is 17.0. The molecule has 0 aliphatic heterocycles. The molecule has 0 amide bonds. The molecule has 0 atom stereocenters. The molecule has 2 rings (SSSR count). The summed E-state index contributed by atoms with van der Waals surface area (Å²) >= 11 is 0. The van der Waals surface area contributed by atoms with Crippen molar-refractivity contribution >= 4 is 5.96 Å². The Labute approximate surface area is 159 Å². The first-order chi connectivity index (χ1) is 12.6. The van der Waals surface area contributed by atoms with Crippen molar-refractivity contribution < 1.29 is 4.74 Å². The summed E-state index contributed by atoms with van der Waals surface area (Å²) in [6.45, 7) is 3.54. The number of rotatable bonds is 9. The first-order valence-electron chi connectivity index (χ1n) is 9.73. The van der Waals surface area contributed by atoms with Gasteiger partial charge in [0.25, 0.3) is 0 Å². The lowest BCUT2D eigenvalue weighted by atomic mass is 9.83. The predicted molar refractivity (Wildman–Crippen MR) is 109 cm³/mol. The van der Waals surface area contributed by atoms with Crippen LogP contribution in [0.2, 0.25) is 0 Å². The number of nitrogens with zero attached hydrogens (tertiary/aromatic N) is 2. The van der Waals surface area contributed by atoms with Gasteiger partial charge in [0.1, 0.15) is 0 Å². The van der Waals surface area contributed by atoms with Crippen molar-refractivity contribution in [2.45, 2.75) is 45.2 Å². The molecule has 1 aromatic carbocycles. The summed E-state index contributed by atoms with van der Waals surface area (Å²) in [6, 6.07) is 8.60. The number of nitrogens with one attached hydrogen (secondary N) is 2. The number of methoxy groups -OCH3 is 1. The van der Waals surface area contributed by atoms with Gasteiger partial charge < -0.3 is 20.3 Å². The molecule has 0 aromatic heterocycles. The second-order valence-electron chi connectivity index (χ2n) is 7.74. The van der Waals surface area contributed by atoms with Crippen LogP contribution in [0.5, 0.6) is 0 Å². The molecule has 1 aromatic rings. The molecule has 1 aliphatic carbocycles. The Morgan fingerprint density at radius 1 is 1.15 bits per heavy atom. The molecule has 26 heavy (non-hydrogen) atoms. The molecule has 1 aliphatic rings. The van der Waals surface area contributed by atoms with E-state index < -0.39 is 0 Å². The van der Waals surface area contributed by atoms with Crippen molar-refractivity contribution in [1.82, 2.24) is 15.5 Å². The number of ether oxygens (including phenoxy) is 1. The van der Waals surface area contributed by atoms with E-state index in [1.165, 1.54) is 36.8 Å². The summed E-state index contributed by atoms with van der Waals surface area (Å²) in [5.41, 5.74) is 3.03. The highest BCUT2D eigenvalue weighted by atomic mass is 16.5. The highest BCUT2D eigenvalue weighted by Crippen LogP contribution is 2.40. The number of benzene rings is 1. The minimum Gasteiger partial charge on any atom is -0.385 e. The van der Waals surface area contributed by atoms with E-state index >= 15 is 0 Å². The summed E-state index contributed by atoms with van der Waals surface area (Å²) in [7, 11) is 7.84. The number of guanidine groups is 1. The van der Waals surface area contributed by atoms with E-state index in [0.717, 1.165) is 38.6 Å². The van der Waals surface area contributed by atoms with Crippen LogP contribution in [0, 0.1) is 5.41 Å².